The first-order valence-electron chi connectivity index (χ1n) is 5.41. The second kappa shape index (κ2) is 57.5. The molecule has 0 saturated carbocycles. The summed E-state index contributed by atoms with van der Waals surface area (Å²) in [6, 6.07) is 0. The molecule has 2 heteroatoms. The van der Waals surface area contributed by atoms with Crippen LogP contribution in [-0.2, 0) is 0 Å². The lowest BCUT2D eigenvalue weighted by Gasteiger charge is -1.68. The lowest BCUT2D eigenvalue weighted by molar-refractivity contribution is 0.886. The van der Waals surface area contributed by atoms with E-state index in [2.05, 4.69) is 37.1 Å². The van der Waals surface area contributed by atoms with Gasteiger partial charge in [-0.2, -0.15) is 0 Å². The van der Waals surface area contributed by atoms with E-state index in [1.807, 2.05) is 27.7 Å². The third-order valence-electron chi connectivity index (χ3n) is 0.754. The second-order valence-electron chi connectivity index (χ2n) is 1.63. The lowest BCUT2D eigenvalue weighted by atomic mass is 10.4. The molecule has 0 atom stereocenters. The van der Waals surface area contributed by atoms with Gasteiger partial charge in [0.1, 0.15) is 6.34 Å². The van der Waals surface area contributed by atoms with Crippen LogP contribution in [0.25, 0.3) is 0 Å². The van der Waals surface area contributed by atoms with Gasteiger partial charge in [-0.15, -0.1) is 0 Å². The molecule has 0 radical (unpaired) electrons. The van der Waals surface area contributed by atoms with Crippen LogP contribution in [0, 0.1) is 0 Å². The number of aliphatic imine (C=N–C) groups is 2. The van der Waals surface area contributed by atoms with E-state index >= 15 is 0 Å². The maximum absolute atomic E-state index is 3.50. The fourth-order valence-corrected chi connectivity index (χ4v) is 0.0943. The molecule has 0 unspecified atom stereocenters. The van der Waals surface area contributed by atoms with E-state index in [9.17, 15) is 0 Å². The largest absolute Gasteiger partial charge is 0.253 e. The minimum atomic E-state index is 1.32. The minimum absolute atomic E-state index is 1.32. The molecule has 0 bridgehead atoms. The normalized spacial score (nSPS) is 6.71. The summed E-state index contributed by atoms with van der Waals surface area (Å²) in [7, 11) is 0. The topological polar surface area (TPSA) is 24.7 Å². The average Bonchev–Trinajstić information content (AvgIpc) is 2.32. The van der Waals surface area contributed by atoms with Crippen molar-refractivity contribution in [2.24, 2.45) is 9.98 Å². The Bertz CT molecular complexity index is 84.5. The zero-order valence-electron chi connectivity index (χ0n) is 10.9. The van der Waals surface area contributed by atoms with Crippen molar-refractivity contribution < 1.29 is 0 Å². The molecule has 86 valence electrons. The summed E-state index contributed by atoms with van der Waals surface area (Å²) >= 11 is 0. The number of rotatable bonds is 3. The first-order valence-corrected chi connectivity index (χ1v) is 5.41. The van der Waals surface area contributed by atoms with Crippen molar-refractivity contribution in [3.05, 3.63) is 12.8 Å². The maximum Gasteiger partial charge on any atom is 0.114 e. The third kappa shape index (κ3) is 119. The van der Waals surface area contributed by atoms with Gasteiger partial charge in [0, 0.05) is 6.20 Å². The zero-order valence-corrected chi connectivity index (χ0v) is 10.9. The highest BCUT2D eigenvalue weighted by molar-refractivity contribution is 5.62. The molecule has 0 aromatic carbocycles. The summed E-state index contributed by atoms with van der Waals surface area (Å²) in [5.74, 6) is 0. The zero-order chi connectivity index (χ0) is 12.2. The first kappa shape index (κ1) is 23.2. The molecular formula is C12H28N2. The Labute approximate surface area is 90.9 Å². The van der Waals surface area contributed by atoms with E-state index < -0.39 is 0 Å². The average molecular weight is 200 g/mol. The van der Waals surface area contributed by atoms with E-state index in [1.165, 1.54) is 25.4 Å². The Morgan fingerprint density at radius 1 is 1.00 bits per heavy atom. The molecule has 0 saturated heterocycles. The van der Waals surface area contributed by atoms with Crippen LogP contribution < -0.4 is 0 Å². The predicted molar refractivity (Wildman–Crippen MR) is 71.5 cm³/mol. The molecule has 0 aliphatic rings. The van der Waals surface area contributed by atoms with Gasteiger partial charge < -0.3 is 0 Å². The Kier molecular flexibility index (Phi) is 95.0. The van der Waals surface area contributed by atoms with Crippen molar-refractivity contribution in [1.82, 2.24) is 0 Å². The van der Waals surface area contributed by atoms with E-state index in [0.717, 1.165) is 0 Å². The number of hydrogen-bond acceptors (Lipinski definition) is 1. The van der Waals surface area contributed by atoms with E-state index in [-0.39, 0.29) is 0 Å². The van der Waals surface area contributed by atoms with Gasteiger partial charge in [-0.1, -0.05) is 61.0 Å². The summed E-state index contributed by atoms with van der Waals surface area (Å²) in [4.78, 5) is 6.81. The summed E-state index contributed by atoms with van der Waals surface area (Å²) in [5.41, 5.74) is 0. The molecule has 0 aliphatic carbocycles. The molecule has 0 aliphatic heterocycles. The molecule has 0 N–H and O–H groups in total. The number of nitrogens with zero attached hydrogens (tertiary/aromatic N) is 2. The molecule has 0 amide bonds. The van der Waals surface area contributed by atoms with Crippen LogP contribution in [0.3, 0.4) is 0 Å². The highest BCUT2D eigenvalue weighted by Crippen LogP contribution is 1.76. The smallest absolute Gasteiger partial charge is 0.114 e. The summed E-state index contributed by atoms with van der Waals surface area (Å²) in [5, 5.41) is 0. The van der Waals surface area contributed by atoms with Crippen molar-refractivity contribution in [3.63, 3.8) is 0 Å². The summed E-state index contributed by atoms with van der Waals surface area (Å²) < 4.78 is 0. The number of unbranched alkanes of at least 4 members (excludes halogenated alkanes) is 1. The van der Waals surface area contributed by atoms with Gasteiger partial charge >= 0.3 is 0 Å². The first-order chi connectivity index (χ1) is 6.83. The van der Waals surface area contributed by atoms with E-state index in [0.29, 0.717) is 0 Å². The van der Waals surface area contributed by atoms with Gasteiger partial charge in [-0.3, -0.25) is 4.99 Å². The monoisotopic (exact) mass is 200 g/mol. The molecule has 0 aromatic rings. The van der Waals surface area contributed by atoms with Crippen LogP contribution >= 0.6 is 0 Å². The van der Waals surface area contributed by atoms with Crippen LogP contribution in [0.5, 0.6) is 0 Å². The predicted octanol–water partition coefficient (Wildman–Crippen LogP) is 4.72. The summed E-state index contributed by atoms with van der Waals surface area (Å²) in [6.45, 7) is 18.8. The molecule has 0 fully saturated rings. The van der Waals surface area contributed by atoms with Crippen LogP contribution in [0.1, 0.15) is 54.4 Å². The Morgan fingerprint density at radius 2 is 1.36 bits per heavy atom. The van der Waals surface area contributed by atoms with Crippen molar-refractivity contribution in [3.8, 4) is 0 Å². The van der Waals surface area contributed by atoms with E-state index in [1.54, 1.807) is 0 Å². The van der Waals surface area contributed by atoms with Crippen LogP contribution in [0.15, 0.2) is 22.8 Å². The molecular weight excluding hydrogens is 172 g/mol. The SMILES string of the molecule is C=CN=CN=C.CC.CC.CCCC. The maximum atomic E-state index is 3.50. The molecule has 0 rings (SSSR count). The van der Waals surface area contributed by atoms with E-state index in [4.69, 9.17) is 0 Å². The molecule has 0 spiro atoms. The van der Waals surface area contributed by atoms with Gasteiger partial charge in [-0.25, -0.2) is 4.99 Å². The Hall–Kier alpha value is -0.920. The fourth-order valence-electron chi connectivity index (χ4n) is 0.0943. The van der Waals surface area contributed by atoms with Crippen LogP contribution in [0.4, 0.5) is 0 Å². The molecule has 0 heterocycles. The highest BCUT2D eigenvalue weighted by atomic mass is 14.8. The van der Waals surface area contributed by atoms with Crippen molar-refractivity contribution in [2.45, 2.75) is 54.4 Å². The van der Waals surface area contributed by atoms with Crippen LogP contribution in [-0.4, -0.2) is 13.1 Å². The van der Waals surface area contributed by atoms with Crippen molar-refractivity contribution in [2.75, 3.05) is 0 Å². The van der Waals surface area contributed by atoms with Gasteiger partial charge in [0.05, 0.1) is 0 Å². The van der Waals surface area contributed by atoms with Crippen molar-refractivity contribution in [1.29, 1.82) is 0 Å². The minimum Gasteiger partial charge on any atom is -0.253 e. The third-order valence-corrected chi connectivity index (χ3v) is 0.754. The molecule has 0 aromatic heterocycles. The summed E-state index contributed by atoms with van der Waals surface area (Å²) in [6.07, 6.45) is 5.36. The highest BCUT2D eigenvalue weighted by Gasteiger charge is 1.56. The second-order valence-corrected chi connectivity index (χ2v) is 1.63. The van der Waals surface area contributed by atoms with Gasteiger partial charge in [0.25, 0.3) is 0 Å². The Morgan fingerprint density at radius 3 is 1.43 bits per heavy atom. The fraction of sp³-hybridized carbons (Fsp3) is 0.667. The Balaban J connectivity index is -0.0000000546. The molecule has 14 heavy (non-hydrogen) atoms. The van der Waals surface area contributed by atoms with Gasteiger partial charge in [0.15, 0.2) is 0 Å². The molecule has 2 nitrogen and oxygen atoms in total. The van der Waals surface area contributed by atoms with Crippen LogP contribution in [0.2, 0.25) is 0 Å². The van der Waals surface area contributed by atoms with Crippen molar-refractivity contribution >= 4 is 13.1 Å². The lowest BCUT2D eigenvalue weighted by Crippen LogP contribution is -1.53. The standard InChI is InChI=1S/C4H6N2.C4H10.2C2H6/c1-3-6-4-5-2;1-3-4-2;2*1-2/h3-4H,1-2H2;3-4H2,1-2H3;2*1-2H3. The van der Waals surface area contributed by atoms with Gasteiger partial charge in [-0.05, 0) is 6.72 Å². The number of hydrogen-bond donors (Lipinski definition) is 0. The quantitative estimate of drug-likeness (QED) is 0.465. The van der Waals surface area contributed by atoms with Gasteiger partial charge in [0.2, 0.25) is 0 Å².